The SMILES string of the molecule is COc1ccc(Nc2nc(Nc3ccc(OC)cc3)n3c(=O)c4ccccc4nc3n2)cc1. The largest absolute Gasteiger partial charge is 0.497 e. The van der Waals surface area contributed by atoms with Gasteiger partial charge in [0.1, 0.15) is 11.5 Å². The molecule has 2 N–H and O–H groups in total. The van der Waals surface area contributed by atoms with E-state index in [2.05, 4.69) is 25.6 Å². The van der Waals surface area contributed by atoms with E-state index in [1.165, 1.54) is 4.40 Å². The maximum atomic E-state index is 13.3. The van der Waals surface area contributed by atoms with Gasteiger partial charge in [0.15, 0.2) is 0 Å². The fraction of sp³-hybridized carbons (Fsp3) is 0.0833. The molecular weight excluding hydrogens is 420 g/mol. The van der Waals surface area contributed by atoms with Crippen molar-refractivity contribution in [3.8, 4) is 11.5 Å². The average molecular weight is 440 g/mol. The summed E-state index contributed by atoms with van der Waals surface area (Å²) < 4.78 is 11.8. The molecule has 0 radical (unpaired) electrons. The molecule has 0 bridgehead atoms. The van der Waals surface area contributed by atoms with Gasteiger partial charge in [0, 0.05) is 11.4 Å². The van der Waals surface area contributed by atoms with Gasteiger partial charge in [-0.05, 0) is 60.7 Å². The third kappa shape index (κ3) is 3.99. The molecule has 0 atom stereocenters. The second kappa shape index (κ2) is 8.46. The van der Waals surface area contributed by atoms with Gasteiger partial charge in [-0.2, -0.15) is 9.97 Å². The van der Waals surface area contributed by atoms with Gasteiger partial charge in [-0.3, -0.25) is 4.79 Å². The Balaban J connectivity index is 1.64. The molecule has 0 saturated heterocycles. The van der Waals surface area contributed by atoms with Gasteiger partial charge in [0.2, 0.25) is 17.7 Å². The van der Waals surface area contributed by atoms with Gasteiger partial charge in [-0.15, -0.1) is 0 Å². The normalized spacial score (nSPS) is 10.8. The highest BCUT2D eigenvalue weighted by Gasteiger charge is 2.14. The molecule has 0 amide bonds. The van der Waals surface area contributed by atoms with Crippen molar-refractivity contribution in [1.82, 2.24) is 19.4 Å². The van der Waals surface area contributed by atoms with Crippen molar-refractivity contribution in [1.29, 1.82) is 0 Å². The lowest BCUT2D eigenvalue weighted by molar-refractivity contribution is 0.415. The maximum absolute atomic E-state index is 13.3. The van der Waals surface area contributed by atoms with Gasteiger partial charge in [0.25, 0.3) is 5.56 Å². The van der Waals surface area contributed by atoms with E-state index in [1.54, 1.807) is 32.4 Å². The van der Waals surface area contributed by atoms with E-state index in [1.807, 2.05) is 54.6 Å². The van der Waals surface area contributed by atoms with Gasteiger partial charge in [-0.25, -0.2) is 9.38 Å². The third-order valence-electron chi connectivity index (χ3n) is 5.08. The van der Waals surface area contributed by atoms with Gasteiger partial charge >= 0.3 is 0 Å². The summed E-state index contributed by atoms with van der Waals surface area (Å²) in [6.07, 6.45) is 0. The number of para-hydroxylation sites is 1. The molecular formula is C24H20N6O3. The Morgan fingerprint density at radius 1 is 0.727 bits per heavy atom. The Morgan fingerprint density at radius 3 is 1.97 bits per heavy atom. The second-order valence-electron chi connectivity index (χ2n) is 7.15. The van der Waals surface area contributed by atoms with Crippen LogP contribution in [0.4, 0.5) is 23.3 Å². The first kappa shape index (κ1) is 20.3. The van der Waals surface area contributed by atoms with Crippen LogP contribution in [0.15, 0.2) is 77.6 Å². The molecule has 0 fully saturated rings. The number of hydrogen-bond acceptors (Lipinski definition) is 8. The van der Waals surface area contributed by atoms with E-state index < -0.39 is 0 Å². The number of rotatable bonds is 6. The molecule has 3 aromatic carbocycles. The summed E-state index contributed by atoms with van der Waals surface area (Å²) in [5.74, 6) is 2.25. The fourth-order valence-corrected chi connectivity index (χ4v) is 3.40. The summed E-state index contributed by atoms with van der Waals surface area (Å²) in [5, 5.41) is 6.85. The molecule has 0 spiro atoms. The Kier molecular flexibility index (Phi) is 5.19. The monoisotopic (exact) mass is 440 g/mol. The lowest BCUT2D eigenvalue weighted by Gasteiger charge is -2.13. The van der Waals surface area contributed by atoms with Crippen LogP contribution >= 0.6 is 0 Å². The topological polar surface area (TPSA) is 103 Å². The molecule has 0 aliphatic rings. The third-order valence-corrected chi connectivity index (χ3v) is 5.08. The van der Waals surface area contributed by atoms with Gasteiger partial charge in [-0.1, -0.05) is 12.1 Å². The summed E-state index contributed by atoms with van der Waals surface area (Å²) in [7, 11) is 3.22. The predicted molar refractivity (Wildman–Crippen MR) is 127 cm³/mol. The smallest absolute Gasteiger partial charge is 0.269 e. The van der Waals surface area contributed by atoms with Crippen molar-refractivity contribution in [2.75, 3.05) is 24.9 Å². The van der Waals surface area contributed by atoms with Crippen molar-refractivity contribution in [3.05, 3.63) is 83.2 Å². The number of aromatic nitrogens is 4. The number of anilines is 4. The molecule has 2 heterocycles. The summed E-state index contributed by atoms with van der Waals surface area (Å²) in [6, 6.07) is 21.8. The molecule has 9 heteroatoms. The Morgan fingerprint density at radius 2 is 1.33 bits per heavy atom. The van der Waals surface area contributed by atoms with E-state index in [0.29, 0.717) is 16.9 Å². The number of methoxy groups -OCH3 is 2. The molecule has 0 saturated carbocycles. The first-order valence-corrected chi connectivity index (χ1v) is 10.2. The quantitative estimate of drug-likeness (QED) is 0.380. The summed E-state index contributed by atoms with van der Waals surface area (Å²) >= 11 is 0. The number of benzene rings is 3. The summed E-state index contributed by atoms with van der Waals surface area (Å²) in [6.45, 7) is 0. The Labute approximate surface area is 188 Å². The van der Waals surface area contributed by atoms with Crippen LogP contribution in [0.5, 0.6) is 11.5 Å². The predicted octanol–water partition coefficient (Wildman–Crippen LogP) is 4.14. The van der Waals surface area contributed by atoms with Crippen LogP contribution in [0, 0.1) is 0 Å². The van der Waals surface area contributed by atoms with Crippen LogP contribution in [0.2, 0.25) is 0 Å². The molecule has 5 aromatic rings. The molecule has 164 valence electrons. The lowest BCUT2D eigenvalue weighted by Crippen LogP contribution is -2.21. The number of fused-ring (bicyclic) bond motifs is 2. The first-order chi connectivity index (χ1) is 16.1. The van der Waals surface area contributed by atoms with Crippen LogP contribution < -0.4 is 25.7 Å². The minimum Gasteiger partial charge on any atom is -0.497 e. The molecule has 2 aromatic heterocycles. The molecule has 9 nitrogen and oxygen atoms in total. The van der Waals surface area contributed by atoms with Crippen molar-refractivity contribution in [3.63, 3.8) is 0 Å². The van der Waals surface area contributed by atoms with Crippen LogP contribution in [0.1, 0.15) is 0 Å². The zero-order valence-electron chi connectivity index (χ0n) is 17.9. The maximum Gasteiger partial charge on any atom is 0.269 e. The molecule has 33 heavy (non-hydrogen) atoms. The Bertz CT molecular complexity index is 1500. The van der Waals surface area contributed by atoms with Crippen molar-refractivity contribution < 1.29 is 9.47 Å². The number of ether oxygens (including phenoxy) is 2. The van der Waals surface area contributed by atoms with Crippen molar-refractivity contribution in [2.24, 2.45) is 0 Å². The lowest BCUT2D eigenvalue weighted by atomic mass is 10.2. The van der Waals surface area contributed by atoms with E-state index >= 15 is 0 Å². The molecule has 0 aliphatic heterocycles. The standard InChI is InChI=1S/C24H20N6O3/c1-32-17-11-7-15(8-12-17)25-22-28-23(26-16-9-13-18(33-2)14-10-16)30-21(31)19-5-3-4-6-20(19)27-24(30)29-22/h3-14H,1-2H3,(H2,25,26,27,28,29). The zero-order chi connectivity index (χ0) is 22.8. The number of hydrogen-bond donors (Lipinski definition) is 2. The molecule has 5 rings (SSSR count). The zero-order valence-corrected chi connectivity index (χ0v) is 17.9. The van der Waals surface area contributed by atoms with Gasteiger partial charge < -0.3 is 20.1 Å². The van der Waals surface area contributed by atoms with Crippen LogP contribution in [-0.4, -0.2) is 33.6 Å². The van der Waals surface area contributed by atoms with E-state index in [4.69, 9.17) is 9.47 Å². The van der Waals surface area contributed by atoms with Crippen molar-refractivity contribution >= 4 is 40.0 Å². The fourth-order valence-electron chi connectivity index (χ4n) is 3.40. The van der Waals surface area contributed by atoms with Crippen LogP contribution in [0.3, 0.4) is 0 Å². The highest BCUT2D eigenvalue weighted by molar-refractivity contribution is 5.79. The molecule has 0 aliphatic carbocycles. The summed E-state index contributed by atoms with van der Waals surface area (Å²) in [4.78, 5) is 26.9. The van der Waals surface area contributed by atoms with Gasteiger partial charge in [0.05, 0.1) is 25.1 Å². The van der Waals surface area contributed by atoms with E-state index in [0.717, 1.165) is 22.9 Å². The number of nitrogens with zero attached hydrogens (tertiary/aromatic N) is 4. The minimum atomic E-state index is -0.261. The number of nitrogens with one attached hydrogen (secondary N) is 2. The average Bonchev–Trinajstić information content (AvgIpc) is 2.85. The molecule has 0 unspecified atom stereocenters. The second-order valence-corrected chi connectivity index (χ2v) is 7.15. The summed E-state index contributed by atoms with van der Waals surface area (Å²) in [5.41, 5.74) is 1.79. The van der Waals surface area contributed by atoms with E-state index in [9.17, 15) is 4.79 Å². The minimum absolute atomic E-state index is 0.223. The van der Waals surface area contributed by atoms with Crippen LogP contribution in [-0.2, 0) is 0 Å². The highest BCUT2D eigenvalue weighted by Crippen LogP contribution is 2.22. The Hall–Kier alpha value is -4.66. The highest BCUT2D eigenvalue weighted by atomic mass is 16.5. The van der Waals surface area contributed by atoms with E-state index in [-0.39, 0.29) is 17.3 Å². The van der Waals surface area contributed by atoms with Crippen LogP contribution in [0.25, 0.3) is 16.7 Å². The van der Waals surface area contributed by atoms with Crippen molar-refractivity contribution in [2.45, 2.75) is 0 Å². The first-order valence-electron chi connectivity index (χ1n) is 10.2.